The van der Waals surface area contributed by atoms with Crippen LogP contribution in [0.2, 0.25) is 0 Å². The molecular formula is C20H23NO2. The summed E-state index contributed by atoms with van der Waals surface area (Å²) in [5.41, 5.74) is 3.57. The molecule has 1 N–H and O–H groups in total. The van der Waals surface area contributed by atoms with Gasteiger partial charge in [0, 0.05) is 18.7 Å². The zero-order valence-electron chi connectivity index (χ0n) is 13.5. The molecule has 0 atom stereocenters. The van der Waals surface area contributed by atoms with Gasteiger partial charge in [-0.3, -0.25) is 4.79 Å². The minimum Gasteiger partial charge on any atom is -0.469 e. The van der Waals surface area contributed by atoms with Gasteiger partial charge in [0.15, 0.2) is 0 Å². The first-order valence-electron chi connectivity index (χ1n) is 7.90. The number of rotatable bonds is 5. The molecule has 0 heterocycles. The topological polar surface area (TPSA) is 38.3 Å². The number of hydrogen-bond donors (Lipinski definition) is 1. The molecule has 0 aliphatic heterocycles. The highest BCUT2D eigenvalue weighted by atomic mass is 16.5. The number of carbonyl (C=O) groups excluding carboxylic acids is 1. The van der Waals surface area contributed by atoms with Crippen molar-refractivity contribution in [3.8, 4) is 0 Å². The lowest BCUT2D eigenvalue weighted by Crippen LogP contribution is -2.06. The number of fused-ring (bicyclic) bond motifs is 1. The van der Waals surface area contributed by atoms with E-state index < -0.39 is 0 Å². The van der Waals surface area contributed by atoms with Gasteiger partial charge in [-0.1, -0.05) is 54.7 Å². The van der Waals surface area contributed by atoms with Crippen LogP contribution in [0.5, 0.6) is 0 Å². The van der Waals surface area contributed by atoms with Crippen LogP contribution < -0.4 is 5.32 Å². The van der Waals surface area contributed by atoms with Crippen LogP contribution in [0.1, 0.15) is 24.0 Å². The van der Waals surface area contributed by atoms with Gasteiger partial charge in [0.25, 0.3) is 0 Å². The number of hydrogen-bond acceptors (Lipinski definition) is 3. The molecule has 0 unspecified atom stereocenters. The average molecular weight is 309 g/mol. The van der Waals surface area contributed by atoms with E-state index in [1.807, 2.05) is 24.3 Å². The van der Waals surface area contributed by atoms with Crippen molar-refractivity contribution >= 4 is 17.7 Å². The van der Waals surface area contributed by atoms with Crippen molar-refractivity contribution in [2.24, 2.45) is 0 Å². The van der Waals surface area contributed by atoms with Crippen LogP contribution >= 0.6 is 0 Å². The quantitative estimate of drug-likeness (QED) is 0.651. The number of nitrogens with one attached hydrogen (secondary N) is 1. The summed E-state index contributed by atoms with van der Waals surface area (Å²) >= 11 is 0. The Hall–Kier alpha value is -2.55. The van der Waals surface area contributed by atoms with Crippen LogP contribution in [-0.2, 0) is 16.0 Å². The van der Waals surface area contributed by atoms with Crippen molar-refractivity contribution in [3.05, 3.63) is 71.9 Å². The summed E-state index contributed by atoms with van der Waals surface area (Å²) in [6, 6.07) is 6.39. The maximum Gasteiger partial charge on any atom is 0.305 e. The molecule has 0 amide bonds. The second-order valence-electron chi connectivity index (χ2n) is 5.28. The lowest BCUT2D eigenvalue weighted by Gasteiger charge is -2.10. The van der Waals surface area contributed by atoms with Gasteiger partial charge in [-0.15, -0.1) is 0 Å². The minimum atomic E-state index is -0.163. The van der Waals surface area contributed by atoms with Crippen LogP contribution in [0, 0.1) is 0 Å². The van der Waals surface area contributed by atoms with Gasteiger partial charge in [0.1, 0.15) is 0 Å². The zero-order valence-corrected chi connectivity index (χ0v) is 13.5. The van der Waals surface area contributed by atoms with Crippen molar-refractivity contribution in [1.82, 2.24) is 0 Å². The van der Waals surface area contributed by atoms with Gasteiger partial charge in [-0.2, -0.15) is 0 Å². The molecule has 0 aromatic heterocycles. The predicted octanol–water partition coefficient (Wildman–Crippen LogP) is 4.29. The van der Waals surface area contributed by atoms with E-state index in [2.05, 4.69) is 52.6 Å². The fourth-order valence-corrected chi connectivity index (χ4v) is 2.30. The summed E-state index contributed by atoms with van der Waals surface area (Å²) < 4.78 is 4.64. The Kier molecular flexibility index (Phi) is 6.92. The molecule has 0 bridgehead atoms. The SMILES string of the molecule is COC(=O)CCCNc1ccc2c(c1)\C=C/C=C\C=C/C=C\C2. The lowest BCUT2D eigenvalue weighted by atomic mass is 10.0. The predicted molar refractivity (Wildman–Crippen MR) is 96.3 cm³/mol. The molecule has 1 aliphatic rings. The zero-order chi connectivity index (χ0) is 16.3. The van der Waals surface area contributed by atoms with E-state index in [1.54, 1.807) is 0 Å². The van der Waals surface area contributed by atoms with Gasteiger partial charge in [-0.25, -0.2) is 0 Å². The standard InChI is InChI=1S/C20H23NO2/c1-23-20(22)12-9-15-21-19-14-13-17-10-7-5-3-2-4-6-8-11-18(17)16-19/h2-8,11,13-14,16,21H,9-10,12,15H2,1H3/b3-2-,6-4-,7-5-,11-8-. The molecular weight excluding hydrogens is 286 g/mol. The summed E-state index contributed by atoms with van der Waals surface area (Å²) in [5, 5.41) is 3.36. The molecule has 0 spiro atoms. The molecule has 1 aliphatic carbocycles. The Morgan fingerprint density at radius 1 is 1.13 bits per heavy atom. The normalized spacial score (nSPS) is 18.8. The number of methoxy groups -OCH3 is 1. The summed E-state index contributed by atoms with van der Waals surface area (Å²) in [5.74, 6) is -0.163. The second-order valence-corrected chi connectivity index (χ2v) is 5.28. The van der Waals surface area contributed by atoms with Crippen molar-refractivity contribution in [2.45, 2.75) is 19.3 Å². The molecule has 0 radical (unpaired) electrons. The maximum atomic E-state index is 11.1. The van der Waals surface area contributed by atoms with E-state index in [0.29, 0.717) is 6.42 Å². The van der Waals surface area contributed by atoms with Crippen molar-refractivity contribution < 1.29 is 9.53 Å². The molecule has 1 aromatic carbocycles. The third-order valence-corrected chi connectivity index (χ3v) is 3.57. The Bertz CT molecular complexity index is 639. The highest BCUT2D eigenvalue weighted by Gasteiger charge is 2.02. The van der Waals surface area contributed by atoms with Crippen LogP contribution in [0.3, 0.4) is 0 Å². The minimum absolute atomic E-state index is 0.163. The fourth-order valence-electron chi connectivity index (χ4n) is 2.30. The van der Waals surface area contributed by atoms with Gasteiger partial charge in [-0.05, 0) is 36.1 Å². The molecule has 3 heteroatoms. The summed E-state index contributed by atoms with van der Waals surface area (Å²) in [4.78, 5) is 11.1. The largest absolute Gasteiger partial charge is 0.469 e. The van der Waals surface area contributed by atoms with Crippen LogP contribution in [0.25, 0.3) is 6.08 Å². The Morgan fingerprint density at radius 3 is 2.74 bits per heavy atom. The van der Waals surface area contributed by atoms with E-state index in [-0.39, 0.29) is 5.97 Å². The lowest BCUT2D eigenvalue weighted by molar-refractivity contribution is -0.140. The maximum absolute atomic E-state index is 11.1. The number of allylic oxidation sites excluding steroid dienone is 7. The molecule has 2 rings (SSSR count). The molecule has 0 fully saturated rings. The monoisotopic (exact) mass is 309 g/mol. The van der Waals surface area contributed by atoms with Crippen molar-refractivity contribution in [1.29, 1.82) is 0 Å². The first kappa shape index (κ1) is 16.8. The van der Waals surface area contributed by atoms with Gasteiger partial charge in [0.05, 0.1) is 7.11 Å². The number of anilines is 1. The molecule has 23 heavy (non-hydrogen) atoms. The summed E-state index contributed by atoms with van der Waals surface area (Å²) in [6.45, 7) is 0.751. The second kappa shape index (κ2) is 9.46. The fraction of sp³-hybridized carbons (Fsp3) is 0.250. The van der Waals surface area contributed by atoms with E-state index in [9.17, 15) is 4.79 Å². The Labute approximate surface area is 138 Å². The number of carbonyl (C=O) groups is 1. The van der Waals surface area contributed by atoms with E-state index in [1.165, 1.54) is 18.2 Å². The molecule has 120 valence electrons. The summed E-state index contributed by atoms with van der Waals surface area (Å²) in [7, 11) is 1.42. The van der Waals surface area contributed by atoms with Crippen molar-refractivity contribution in [2.75, 3.05) is 19.0 Å². The van der Waals surface area contributed by atoms with Crippen LogP contribution in [-0.4, -0.2) is 19.6 Å². The molecule has 0 saturated carbocycles. The first-order valence-corrected chi connectivity index (χ1v) is 7.90. The average Bonchev–Trinajstić information content (AvgIpc) is 2.62. The van der Waals surface area contributed by atoms with Crippen molar-refractivity contribution in [3.63, 3.8) is 0 Å². The molecule has 1 aromatic rings. The smallest absolute Gasteiger partial charge is 0.305 e. The highest BCUT2D eigenvalue weighted by Crippen LogP contribution is 2.19. The van der Waals surface area contributed by atoms with Gasteiger partial charge >= 0.3 is 5.97 Å². The molecule has 3 nitrogen and oxygen atoms in total. The third kappa shape index (κ3) is 5.99. The first-order chi connectivity index (χ1) is 11.3. The van der Waals surface area contributed by atoms with Crippen LogP contribution in [0.4, 0.5) is 5.69 Å². The Morgan fingerprint density at radius 2 is 1.91 bits per heavy atom. The van der Waals surface area contributed by atoms with E-state index >= 15 is 0 Å². The van der Waals surface area contributed by atoms with E-state index in [4.69, 9.17) is 0 Å². The number of ether oxygens (including phenoxy) is 1. The van der Waals surface area contributed by atoms with Gasteiger partial charge < -0.3 is 10.1 Å². The Balaban J connectivity index is 2.02. The van der Waals surface area contributed by atoms with Crippen LogP contribution in [0.15, 0.2) is 60.7 Å². The number of esters is 1. The number of benzene rings is 1. The summed E-state index contributed by atoms with van der Waals surface area (Å²) in [6.07, 6.45) is 18.6. The molecule has 0 saturated heterocycles. The highest BCUT2D eigenvalue weighted by molar-refractivity contribution is 5.69. The third-order valence-electron chi connectivity index (χ3n) is 3.57. The van der Waals surface area contributed by atoms with E-state index in [0.717, 1.165) is 25.1 Å². The van der Waals surface area contributed by atoms with Gasteiger partial charge in [0.2, 0.25) is 0 Å².